The Morgan fingerprint density at radius 1 is 1.19 bits per heavy atom. The van der Waals surface area contributed by atoms with E-state index in [9.17, 15) is 15.3 Å². The van der Waals surface area contributed by atoms with Crippen LogP contribution in [-0.4, -0.2) is 50.5 Å². The van der Waals surface area contributed by atoms with Gasteiger partial charge in [0.2, 0.25) is 4.80 Å². The van der Waals surface area contributed by atoms with Gasteiger partial charge in [0.1, 0.15) is 10.5 Å². The van der Waals surface area contributed by atoms with E-state index in [1.807, 2.05) is 12.1 Å². The standard InChI is InChI=1S/C13H16ClN3O3S/c1-17-12(15-13(6-18,7-19)8-20)21-11(16-17)9-2-4-10(14)5-3-9/h2-5,18-20H,6-8H2,1H3. The number of aliphatic hydroxyl groups excluding tert-OH is 3. The minimum Gasteiger partial charge on any atom is -0.394 e. The van der Waals surface area contributed by atoms with E-state index in [1.54, 1.807) is 23.9 Å². The normalized spacial score (nSPS) is 12.9. The van der Waals surface area contributed by atoms with Crippen molar-refractivity contribution < 1.29 is 15.3 Å². The van der Waals surface area contributed by atoms with Crippen molar-refractivity contribution in [3.63, 3.8) is 0 Å². The van der Waals surface area contributed by atoms with Crippen LogP contribution in [-0.2, 0) is 7.05 Å². The maximum atomic E-state index is 9.33. The van der Waals surface area contributed by atoms with Crippen LogP contribution in [0.15, 0.2) is 29.3 Å². The van der Waals surface area contributed by atoms with E-state index < -0.39 is 25.4 Å². The average Bonchev–Trinajstić information content (AvgIpc) is 2.86. The molecule has 8 heteroatoms. The van der Waals surface area contributed by atoms with E-state index in [2.05, 4.69) is 10.1 Å². The van der Waals surface area contributed by atoms with Crippen molar-refractivity contribution in [2.45, 2.75) is 5.54 Å². The highest BCUT2D eigenvalue weighted by molar-refractivity contribution is 7.12. The number of halogens is 1. The SMILES string of the molecule is Cn1nc(-c2ccc(Cl)cc2)sc1=NC(CO)(CO)CO. The molecular formula is C13H16ClN3O3S. The topological polar surface area (TPSA) is 90.9 Å². The number of aromatic nitrogens is 2. The summed E-state index contributed by atoms with van der Waals surface area (Å²) in [7, 11) is 1.71. The fourth-order valence-electron chi connectivity index (χ4n) is 1.62. The predicted molar refractivity (Wildman–Crippen MR) is 81.1 cm³/mol. The van der Waals surface area contributed by atoms with Crippen LogP contribution >= 0.6 is 22.9 Å². The molecule has 0 amide bonds. The van der Waals surface area contributed by atoms with Crippen LogP contribution in [0, 0.1) is 0 Å². The maximum Gasteiger partial charge on any atom is 0.203 e. The first-order valence-electron chi connectivity index (χ1n) is 6.22. The summed E-state index contributed by atoms with van der Waals surface area (Å²) in [4.78, 5) is 4.75. The molecule has 3 N–H and O–H groups in total. The van der Waals surface area contributed by atoms with Crippen LogP contribution in [0.1, 0.15) is 0 Å². The van der Waals surface area contributed by atoms with Crippen molar-refractivity contribution >= 4 is 22.9 Å². The smallest absolute Gasteiger partial charge is 0.203 e. The lowest BCUT2D eigenvalue weighted by Gasteiger charge is -2.21. The van der Waals surface area contributed by atoms with E-state index in [0.29, 0.717) is 9.82 Å². The van der Waals surface area contributed by atoms with E-state index in [-0.39, 0.29) is 0 Å². The lowest BCUT2D eigenvalue weighted by molar-refractivity contribution is 0.0685. The molecular weight excluding hydrogens is 314 g/mol. The second kappa shape index (κ2) is 6.67. The van der Waals surface area contributed by atoms with E-state index in [4.69, 9.17) is 11.6 Å². The molecule has 1 aromatic carbocycles. The number of nitrogens with zero attached hydrogens (tertiary/aromatic N) is 3. The Balaban J connectivity index is 2.46. The van der Waals surface area contributed by atoms with Crippen LogP contribution in [0.2, 0.25) is 5.02 Å². The summed E-state index contributed by atoms with van der Waals surface area (Å²) in [5.74, 6) is 0. The monoisotopic (exact) mass is 329 g/mol. The lowest BCUT2D eigenvalue weighted by Crippen LogP contribution is -2.42. The van der Waals surface area contributed by atoms with Crippen molar-refractivity contribution in [3.8, 4) is 10.6 Å². The zero-order valence-corrected chi connectivity index (χ0v) is 13.0. The van der Waals surface area contributed by atoms with Crippen LogP contribution in [0.4, 0.5) is 0 Å². The molecule has 1 aromatic heterocycles. The molecule has 0 aliphatic heterocycles. The molecule has 1 heterocycles. The molecule has 0 bridgehead atoms. The molecule has 0 aliphatic rings. The molecule has 114 valence electrons. The van der Waals surface area contributed by atoms with Gasteiger partial charge in [0.15, 0.2) is 0 Å². The Hall–Kier alpha value is -1.25. The summed E-state index contributed by atoms with van der Waals surface area (Å²) < 4.78 is 1.55. The van der Waals surface area contributed by atoms with Crippen molar-refractivity contribution in [3.05, 3.63) is 34.1 Å². The molecule has 2 aromatic rings. The zero-order valence-electron chi connectivity index (χ0n) is 11.4. The number of hydrogen-bond donors (Lipinski definition) is 3. The fourth-order valence-corrected chi connectivity index (χ4v) is 2.74. The summed E-state index contributed by atoms with van der Waals surface area (Å²) in [5.41, 5.74) is -0.411. The largest absolute Gasteiger partial charge is 0.394 e. The Morgan fingerprint density at radius 2 is 1.76 bits per heavy atom. The Bertz CT molecular complexity index is 654. The molecule has 0 radical (unpaired) electrons. The molecule has 6 nitrogen and oxygen atoms in total. The van der Waals surface area contributed by atoms with Crippen molar-refractivity contribution in [2.24, 2.45) is 12.0 Å². The Morgan fingerprint density at radius 3 is 2.29 bits per heavy atom. The summed E-state index contributed by atoms with van der Waals surface area (Å²) in [6.45, 7) is -1.35. The molecule has 0 aliphatic carbocycles. The summed E-state index contributed by atoms with van der Waals surface area (Å²) in [6, 6.07) is 7.24. The fraction of sp³-hybridized carbons (Fsp3) is 0.385. The number of rotatable bonds is 5. The minimum absolute atomic E-state index is 0.450. The Kier molecular flexibility index (Phi) is 5.13. The highest BCUT2D eigenvalue weighted by atomic mass is 35.5. The maximum absolute atomic E-state index is 9.33. The van der Waals surface area contributed by atoms with Gasteiger partial charge in [-0.1, -0.05) is 35.1 Å². The highest BCUT2D eigenvalue weighted by Gasteiger charge is 2.27. The molecule has 21 heavy (non-hydrogen) atoms. The minimum atomic E-state index is -1.30. The molecule has 0 unspecified atom stereocenters. The molecule has 0 fully saturated rings. The molecule has 0 saturated carbocycles. The number of aliphatic hydroxyl groups is 3. The average molecular weight is 330 g/mol. The number of hydrogen-bond acceptors (Lipinski definition) is 6. The van der Waals surface area contributed by atoms with E-state index in [0.717, 1.165) is 10.6 Å². The second-order valence-electron chi connectivity index (χ2n) is 4.63. The predicted octanol–water partition coefficient (Wildman–Crippen LogP) is 0.418. The van der Waals surface area contributed by atoms with Gasteiger partial charge in [-0.05, 0) is 12.1 Å². The van der Waals surface area contributed by atoms with Gasteiger partial charge in [0.05, 0.1) is 19.8 Å². The van der Waals surface area contributed by atoms with Gasteiger partial charge in [0, 0.05) is 17.6 Å². The van der Waals surface area contributed by atoms with Gasteiger partial charge in [-0.3, -0.25) is 0 Å². The van der Waals surface area contributed by atoms with E-state index >= 15 is 0 Å². The van der Waals surface area contributed by atoms with Crippen LogP contribution < -0.4 is 4.80 Å². The van der Waals surface area contributed by atoms with Crippen molar-refractivity contribution in [2.75, 3.05) is 19.8 Å². The quantitative estimate of drug-likeness (QED) is 0.741. The first-order chi connectivity index (χ1) is 10.0. The zero-order chi connectivity index (χ0) is 15.5. The molecule has 0 spiro atoms. The third-order valence-corrected chi connectivity index (χ3v) is 4.31. The lowest BCUT2D eigenvalue weighted by atomic mass is 10.1. The van der Waals surface area contributed by atoms with Gasteiger partial charge in [0.25, 0.3) is 0 Å². The molecule has 0 atom stereocenters. The molecule has 2 rings (SSSR count). The van der Waals surface area contributed by atoms with Crippen molar-refractivity contribution in [1.29, 1.82) is 0 Å². The third-order valence-electron chi connectivity index (χ3n) is 3.01. The van der Waals surface area contributed by atoms with Gasteiger partial charge < -0.3 is 15.3 Å². The van der Waals surface area contributed by atoms with E-state index in [1.165, 1.54) is 11.3 Å². The third kappa shape index (κ3) is 3.50. The first kappa shape index (κ1) is 16.1. The van der Waals surface area contributed by atoms with Crippen molar-refractivity contribution in [1.82, 2.24) is 9.78 Å². The van der Waals surface area contributed by atoms with Crippen LogP contribution in [0.3, 0.4) is 0 Å². The van der Waals surface area contributed by atoms with Crippen LogP contribution in [0.25, 0.3) is 10.6 Å². The molecule has 0 saturated heterocycles. The number of benzene rings is 1. The summed E-state index contributed by atoms with van der Waals surface area (Å²) >= 11 is 7.16. The summed E-state index contributed by atoms with van der Waals surface area (Å²) in [5, 5.41) is 33.7. The second-order valence-corrected chi connectivity index (χ2v) is 6.02. The number of aryl methyl sites for hydroxylation is 1. The van der Waals surface area contributed by atoms with Gasteiger partial charge in [-0.2, -0.15) is 5.10 Å². The van der Waals surface area contributed by atoms with Crippen LogP contribution in [0.5, 0.6) is 0 Å². The summed E-state index contributed by atoms with van der Waals surface area (Å²) in [6.07, 6.45) is 0. The van der Waals surface area contributed by atoms with Gasteiger partial charge in [-0.15, -0.1) is 0 Å². The van der Waals surface area contributed by atoms with Gasteiger partial charge in [-0.25, -0.2) is 9.67 Å². The Labute approximate surface area is 130 Å². The van der Waals surface area contributed by atoms with Gasteiger partial charge >= 0.3 is 0 Å². The first-order valence-corrected chi connectivity index (χ1v) is 7.41. The highest BCUT2D eigenvalue weighted by Crippen LogP contribution is 2.21.